The lowest BCUT2D eigenvalue weighted by atomic mass is 10.1. The lowest BCUT2D eigenvalue weighted by molar-refractivity contribution is 0.0697. The van der Waals surface area contributed by atoms with Crippen LogP contribution in [0.3, 0.4) is 0 Å². The normalized spacial score (nSPS) is 18.6. The molecule has 1 aliphatic rings. The second-order valence-electron chi connectivity index (χ2n) is 4.23. The van der Waals surface area contributed by atoms with Gasteiger partial charge in [-0.05, 0) is 31.0 Å². The van der Waals surface area contributed by atoms with Gasteiger partial charge in [-0.1, -0.05) is 6.07 Å². The van der Waals surface area contributed by atoms with Gasteiger partial charge in [0.1, 0.15) is 0 Å². The molecule has 2 N–H and O–H groups in total. The summed E-state index contributed by atoms with van der Waals surface area (Å²) in [6.07, 6.45) is 2.06. The standard InChI is InChI=1S/C13H15NO4/c15-12(14-8-11-5-2-6-18-11)9-3-1-4-10(7-9)13(16)17/h1,3-4,7,11H,2,5-6,8H2,(H,14,15)(H,16,17)/t11-/m1/s1. The van der Waals surface area contributed by atoms with E-state index in [1.54, 1.807) is 12.1 Å². The van der Waals surface area contributed by atoms with E-state index in [9.17, 15) is 9.59 Å². The van der Waals surface area contributed by atoms with Crippen LogP contribution in [0, 0.1) is 0 Å². The Balaban J connectivity index is 1.95. The molecule has 2 rings (SSSR count). The molecule has 1 heterocycles. The summed E-state index contributed by atoms with van der Waals surface area (Å²) >= 11 is 0. The van der Waals surface area contributed by atoms with Gasteiger partial charge < -0.3 is 15.2 Å². The van der Waals surface area contributed by atoms with Crippen LogP contribution >= 0.6 is 0 Å². The molecule has 0 unspecified atom stereocenters. The highest BCUT2D eigenvalue weighted by Gasteiger charge is 2.17. The first-order valence-corrected chi connectivity index (χ1v) is 5.90. The minimum Gasteiger partial charge on any atom is -0.478 e. The first-order valence-electron chi connectivity index (χ1n) is 5.90. The third kappa shape index (κ3) is 3.07. The summed E-state index contributed by atoms with van der Waals surface area (Å²) in [4.78, 5) is 22.6. The summed E-state index contributed by atoms with van der Waals surface area (Å²) in [5.41, 5.74) is 0.465. The molecule has 5 heteroatoms. The van der Waals surface area contributed by atoms with Gasteiger partial charge in [-0.25, -0.2) is 4.79 Å². The summed E-state index contributed by atoms with van der Waals surface area (Å²) in [6, 6.07) is 5.98. The predicted molar refractivity (Wildman–Crippen MR) is 64.7 cm³/mol. The van der Waals surface area contributed by atoms with Crippen LogP contribution in [-0.2, 0) is 4.74 Å². The van der Waals surface area contributed by atoms with Crippen LogP contribution in [0.4, 0.5) is 0 Å². The topological polar surface area (TPSA) is 75.6 Å². The monoisotopic (exact) mass is 249 g/mol. The van der Waals surface area contributed by atoms with E-state index < -0.39 is 5.97 Å². The van der Waals surface area contributed by atoms with Crippen molar-refractivity contribution in [2.45, 2.75) is 18.9 Å². The number of hydrogen-bond donors (Lipinski definition) is 2. The molecule has 0 bridgehead atoms. The zero-order valence-corrected chi connectivity index (χ0v) is 9.89. The maximum atomic E-state index is 11.8. The molecule has 1 fully saturated rings. The Morgan fingerprint density at radius 2 is 2.17 bits per heavy atom. The van der Waals surface area contributed by atoms with Crippen LogP contribution in [0.5, 0.6) is 0 Å². The molecule has 0 aromatic heterocycles. The Morgan fingerprint density at radius 1 is 1.39 bits per heavy atom. The number of carbonyl (C=O) groups is 2. The number of aromatic carboxylic acids is 1. The van der Waals surface area contributed by atoms with E-state index in [4.69, 9.17) is 9.84 Å². The number of ether oxygens (including phenoxy) is 1. The van der Waals surface area contributed by atoms with E-state index in [-0.39, 0.29) is 17.6 Å². The number of carbonyl (C=O) groups excluding carboxylic acids is 1. The maximum absolute atomic E-state index is 11.8. The van der Waals surface area contributed by atoms with Crippen LogP contribution in [0.25, 0.3) is 0 Å². The summed E-state index contributed by atoms with van der Waals surface area (Å²) in [7, 11) is 0. The molecule has 0 radical (unpaired) electrons. The van der Waals surface area contributed by atoms with Crippen LogP contribution in [0.2, 0.25) is 0 Å². The first kappa shape index (κ1) is 12.6. The second kappa shape index (κ2) is 5.64. The van der Waals surface area contributed by atoms with Gasteiger partial charge in [0.2, 0.25) is 0 Å². The number of benzene rings is 1. The van der Waals surface area contributed by atoms with Gasteiger partial charge in [0, 0.05) is 18.7 Å². The number of nitrogens with one attached hydrogen (secondary N) is 1. The maximum Gasteiger partial charge on any atom is 0.335 e. The highest BCUT2D eigenvalue weighted by molar-refractivity contribution is 5.97. The van der Waals surface area contributed by atoms with Crippen molar-refractivity contribution >= 4 is 11.9 Å². The third-order valence-corrected chi connectivity index (χ3v) is 2.89. The number of hydrogen-bond acceptors (Lipinski definition) is 3. The van der Waals surface area contributed by atoms with E-state index >= 15 is 0 Å². The third-order valence-electron chi connectivity index (χ3n) is 2.89. The van der Waals surface area contributed by atoms with Gasteiger partial charge >= 0.3 is 5.97 Å². The summed E-state index contributed by atoms with van der Waals surface area (Å²) in [5.74, 6) is -1.31. The Hall–Kier alpha value is -1.88. The minimum absolute atomic E-state index is 0.0802. The van der Waals surface area contributed by atoms with Crippen LogP contribution in [0.1, 0.15) is 33.6 Å². The largest absolute Gasteiger partial charge is 0.478 e. The van der Waals surface area contributed by atoms with Crippen molar-refractivity contribution < 1.29 is 19.4 Å². The molecule has 1 atom stereocenters. The van der Waals surface area contributed by atoms with E-state index in [2.05, 4.69) is 5.32 Å². The predicted octanol–water partition coefficient (Wildman–Crippen LogP) is 1.29. The molecule has 1 aliphatic heterocycles. The van der Waals surface area contributed by atoms with E-state index in [0.29, 0.717) is 12.1 Å². The van der Waals surface area contributed by atoms with Gasteiger partial charge in [-0.3, -0.25) is 4.79 Å². The van der Waals surface area contributed by atoms with Gasteiger partial charge in [0.25, 0.3) is 5.91 Å². The molecular formula is C13H15NO4. The van der Waals surface area contributed by atoms with Crippen molar-refractivity contribution in [2.24, 2.45) is 0 Å². The smallest absolute Gasteiger partial charge is 0.335 e. The summed E-state index contributed by atoms with van der Waals surface area (Å²) in [5, 5.41) is 11.6. The van der Waals surface area contributed by atoms with Gasteiger partial charge in [0.15, 0.2) is 0 Å². The number of amides is 1. The molecule has 1 aromatic carbocycles. The van der Waals surface area contributed by atoms with Gasteiger partial charge in [-0.2, -0.15) is 0 Å². The van der Waals surface area contributed by atoms with E-state index in [1.165, 1.54) is 12.1 Å². The average Bonchev–Trinajstić information content (AvgIpc) is 2.89. The lowest BCUT2D eigenvalue weighted by Gasteiger charge is -2.10. The molecule has 1 saturated heterocycles. The zero-order chi connectivity index (χ0) is 13.0. The summed E-state index contributed by atoms with van der Waals surface area (Å²) < 4.78 is 5.39. The summed E-state index contributed by atoms with van der Waals surface area (Å²) in [6.45, 7) is 1.21. The Kier molecular flexibility index (Phi) is 3.94. The van der Waals surface area contributed by atoms with Crippen molar-refractivity contribution in [3.05, 3.63) is 35.4 Å². The first-order chi connectivity index (χ1) is 8.66. The Bertz CT molecular complexity index is 452. The van der Waals surface area contributed by atoms with Crippen molar-refractivity contribution in [1.29, 1.82) is 0 Å². The Labute approximate surface area is 105 Å². The minimum atomic E-state index is -1.04. The highest BCUT2D eigenvalue weighted by atomic mass is 16.5. The fourth-order valence-electron chi connectivity index (χ4n) is 1.91. The number of carboxylic acids is 1. The SMILES string of the molecule is O=C(O)c1cccc(C(=O)NC[C@H]2CCCO2)c1. The lowest BCUT2D eigenvalue weighted by Crippen LogP contribution is -2.31. The number of rotatable bonds is 4. The zero-order valence-electron chi connectivity index (χ0n) is 9.89. The quantitative estimate of drug-likeness (QED) is 0.843. The van der Waals surface area contributed by atoms with Crippen molar-refractivity contribution in [1.82, 2.24) is 5.32 Å². The highest BCUT2D eigenvalue weighted by Crippen LogP contribution is 2.11. The molecule has 18 heavy (non-hydrogen) atoms. The van der Waals surface area contributed by atoms with E-state index in [1.807, 2.05) is 0 Å². The Morgan fingerprint density at radius 3 is 2.83 bits per heavy atom. The van der Waals surface area contributed by atoms with Crippen molar-refractivity contribution in [3.63, 3.8) is 0 Å². The molecule has 0 spiro atoms. The molecule has 5 nitrogen and oxygen atoms in total. The van der Waals surface area contributed by atoms with Crippen molar-refractivity contribution in [3.8, 4) is 0 Å². The van der Waals surface area contributed by atoms with Crippen LogP contribution in [0.15, 0.2) is 24.3 Å². The van der Waals surface area contributed by atoms with Crippen LogP contribution < -0.4 is 5.32 Å². The van der Waals surface area contributed by atoms with E-state index in [0.717, 1.165) is 19.4 Å². The second-order valence-corrected chi connectivity index (χ2v) is 4.23. The molecule has 0 saturated carbocycles. The van der Waals surface area contributed by atoms with Gasteiger partial charge in [0.05, 0.1) is 11.7 Å². The van der Waals surface area contributed by atoms with Crippen LogP contribution in [-0.4, -0.2) is 36.2 Å². The van der Waals surface area contributed by atoms with Gasteiger partial charge in [-0.15, -0.1) is 0 Å². The molecular weight excluding hydrogens is 234 g/mol. The molecule has 96 valence electrons. The molecule has 1 aromatic rings. The van der Waals surface area contributed by atoms with Crippen molar-refractivity contribution in [2.75, 3.05) is 13.2 Å². The molecule has 0 aliphatic carbocycles. The fourth-order valence-corrected chi connectivity index (χ4v) is 1.91. The molecule has 1 amide bonds. The number of carboxylic acid groups (broad SMARTS) is 1. The fraction of sp³-hybridized carbons (Fsp3) is 0.385. The average molecular weight is 249 g/mol.